The summed E-state index contributed by atoms with van der Waals surface area (Å²) in [4.78, 5) is 2.86. The summed E-state index contributed by atoms with van der Waals surface area (Å²) in [5.41, 5.74) is 1.43. The molecule has 86 valence electrons. The molecule has 0 unspecified atom stereocenters. The van der Waals surface area contributed by atoms with Crippen LogP contribution in [0.3, 0.4) is 0 Å². The van der Waals surface area contributed by atoms with E-state index in [0.29, 0.717) is 0 Å². The third-order valence-electron chi connectivity index (χ3n) is 1.84. The number of hydrogen-bond acceptors (Lipinski definition) is 0. The molecule has 1 heterocycles. The van der Waals surface area contributed by atoms with E-state index < -0.39 is 0 Å². The molecular formula is C13H21NRu. The monoisotopic (exact) mass is 293 g/mol. The summed E-state index contributed by atoms with van der Waals surface area (Å²) < 4.78 is 0. The summed E-state index contributed by atoms with van der Waals surface area (Å²) in [7, 11) is 0. The molecule has 0 spiro atoms. The van der Waals surface area contributed by atoms with Crippen LogP contribution >= 0.6 is 0 Å². The first-order chi connectivity index (χ1) is 6.85. The fourth-order valence-corrected chi connectivity index (χ4v) is 0.965. The van der Waals surface area contributed by atoms with Crippen molar-refractivity contribution in [2.24, 2.45) is 0 Å². The second kappa shape index (κ2) is 13.4. The maximum atomic E-state index is 2.86. The van der Waals surface area contributed by atoms with Crippen molar-refractivity contribution in [3.63, 3.8) is 0 Å². The summed E-state index contributed by atoms with van der Waals surface area (Å²) in [6.45, 7) is 6.41. The standard InChI is InChI=1S/C9H16.C4H5N.Ru/c1-4-7-8-9(5-2)6-3;1-2-4-5-3-1;/h5,7-8H,4,6H2,1-3H3;1-5H;. The van der Waals surface area contributed by atoms with Gasteiger partial charge in [0.15, 0.2) is 0 Å². The molecule has 15 heavy (non-hydrogen) atoms. The molecule has 0 aliphatic heterocycles. The van der Waals surface area contributed by atoms with E-state index in [1.807, 2.05) is 24.5 Å². The van der Waals surface area contributed by atoms with Crippen molar-refractivity contribution in [2.45, 2.75) is 33.6 Å². The van der Waals surface area contributed by atoms with Gasteiger partial charge in [-0.2, -0.15) is 0 Å². The van der Waals surface area contributed by atoms with Crippen molar-refractivity contribution in [3.8, 4) is 0 Å². The van der Waals surface area contributed by atoms with E-state index in [-0.39, 0.29) is 19.5 Å². The first-order valence-electron chi connectivity index (χ1n) is 5.24. The van der Waals surface area contributed by atoms with Crippen molar-refractivity contribution in [2.75, 3.05) is 0 Å². The summed E-state index contributed by atoms with van der Waals surface area (Å²) in [5, 5.41) is 0. The van der Waals surface area contributed by atoms with Crippen molar-refractivity contribution >= 4 is 0 Å². The molecule has 1 N–H and O–H groups in total. The first-order valence-corrected chi connectivity index (χ1v) is 5.24. The van der Waals surface area contributed by atoms with Gasteiger partial charge in [0.25, 0.3) is 0 Å². The molecule has 0 bridgehead atoms. The Hall–Kier alpha value is -0.617. The Balaban J connectivity index is 0. The normalized spacial score (nSPS) is 10.5. The van der Waals surface area contributed by atoms with Gasteiger partial charge in [0.05, 0.1) is 0 Å². The number of aromatic nitrogens is 1. The SMILES string of the molecule is CC=C(C=CCC)CC.[Ru].c1cc[nH]c1. The largest absolute Gasteiger partial charge is 0.368 e. The van der Waals surface area contributed by atoms with E-state index in [0.717, 1.165) is 12.8 Å². The molecule has 1 aromatic heterocycles. The predicted octanol–water partition coefficient (Wildman–Crippen LogP) is 4.32. The van der Waals surface area contributed by atoms with E-state index in [2.05, 4.69) is 44.0 Å². The van der Waals surface area contributed by atoms with Crippen molar-refractivity contribution < 1.29 is 19.5 Å². The smallest absolute Gasteiger partial charge is 0.000496 e. The van der Waals surface area contributed by atoms with E-state index in [1.165, 1.54) is 5.57 Å². The minimum atomic E-state index is 0. The molecule has 1 aromatic rings. The summed E-state index contributed by atoms with van der Waals surface area (Å²) in [6, 6.07) is 3.89. The molecule has 2 heteroatoms. The third kappa shape index (κ3) is 11.3. The van der Waals surface area contributed by atoms with Crippen LogP contribution in [0.5, 0.6) is 0 Å². The van der Waals surface area contributed by atoms with Gasteiger partial charge in [-0.25, -0.2) is 0 Å². The zero-order valence-corrected chi connectivity index (χ0v) is 11.5. The van der Waals surface area contributed by atoms with Crippen LogP contribution in [0.4, 0.5) is 0 Å². The van der Waals surface area contributed by atoms with Gasteiger partial charge in [-0.05, 0) is 31.9 Å². The average molecular weight is 292 g/mol. The van der Waals surface area contributed by atoms with Gasteiger partial charge in [0, 0.05) is 31.9 Å². The Morgan fingerprint density at radius 1 is 1.20 bits per heavy atom. The van der Waals surface area contributed by atoms with Gasteiger partial charge < -0.3 is 4.98 Å². The second-order valence-corrected chi connectivity index (χ2v) is 2.91. The van der Waals surface area contributed by atoms with Crippen LogP contribution in [-0.2, 0) is 19.5 Å². The molecule has 0 aliphatic carbocycles. The van der Waals surface area contributed by atoms with E-state index >= 15 is 0 Å². The molecule has 0 saturated heterocycles. The molecule has 0 atom stereocenters. The maximum Gasteiger partial charge on any atom is 0.000496 e. The Kier molecular flexibility index (Phi) is 15.0. The van der Waals surface area contributed by atoms with Crippen LogP contribution < -0.4 is 0 Å². The Morgan fingerprint density at radius 3 is 2.07 bits per heavy atom. The Bertz CT molecular complexity index is 230. The van der Waals surface area contributed by atoms with Gasteiger partial charge in [-0.15, -0.1) is 0 Å². The topological polar surface area (TPSA) is 15.8 Å². The van der Waals surface area contributed by atoms with Gasteiger partial charge >= 0.3 is 0 Å². The molecule has 0 aliphatic rings. The van der Waals surface area contributed by atoms with Crippen LogP contribution in [0.15, 0.2) is 48.3 Å². The van der Waals surface area contributed by atoms with Crippen LogP contribution in [0.1, 0.15) is 33.6 Å². The predicted molar refractivity (Wildman–Crippen MR) is 64.3 cm³/mol. The van der Waals surface area contributed by atoms with Crippen LogP contribution in [0, 0.1) is 0 Å². The van der Waals surface area contributed by atoms with E-state index in [4.69, 9.17) is 0 Å². The number of allylic oxidation sites excluding steroid dienone is 4. The minimum absolute atomic E-state index is 0. The zero-order valence-electron chi connectivity index (χ0n) is 9.81. The second-order valence-electron chi connectivity index (χ2n) is 2.91. The quantitative estimate of drug-likeness (QED) is 0.631. The number of hydrogen-bond donors (Lipinski definition) is 1. The number of nitrogens with one attached hydrogen (secondary N) is 1. The fraction of sp³-hybridized carbons (Fsp3) is 0.385. The Labute approximate surface area is 106 Å². The molecule has 0 aromatic carbocycles. The van der Waals surface area contributed by atoms with Crippen molar-refractivity contribution in [1.82, 2.24) is 4.98 Å². The van der Waals surface area contributed by atoms with Crippen molar-refractivity contribution in [3.05, 3.63) is 48.3 Å². The third-order valence-corrected chi connectivity index (χ3v) is 1.84. The van der Waals surface area contributed by atoms with Crippen LogP contribution in [-0.4, -0.2) is 4.98 Å². The minimum Gasteiger partial charge on any atom is -0.368 e. The van der Waals surface area contributed by atoms with Crippen LogP contribution in [0.2, 0.25) is 0 Å². The number of aromatic amines is 1. The molecule has 1 nitrogen and oxygen atoms in total. The molecule has 0 fully saturated rings. The average Bonchev–Trinajstić information content (AvgIpc) is 2.78. The molecule has 0 saturated carbocycles. The molecule has 1 rings (SSSR count). The fourth-order valence-electron chi connectivity index (χ4n) is 0.965. The van der Waals surface area contributed by atoms with Gasteiger partial charge in [-0.1, -0.05) is 37.6 Å². The first kappa shape index (κ1) is 16.8. The maximum absolute atomic E-state index is 2.86. The molecular weight excluding hydrogens is 271 g/mol. The number of H-pyrrole nitrogens is 1. The van der Waals surface area contributed by atoms with Gasteiger partial charge in [0.2, 0.25) is 0 Å². The van der Waals surface area contributed by atoms with Crippen molar-refractivity contribution in [1.29, 1.82) is 0 Å². The number of rotatable bonds is 3. The van der Waals surface area contributed by atoms with E-state index in [9.17, 15) is 0 Å². The summed E-state index contributed by atoms with van der Waals surface area (Å²) >= 11 is 0. The van der Waals surface area contributed by atoms with Gasteiger partial charge in [0.1, 0.15) is 0 Å². The van der Waals surface area contributed by atoms with E-state index in [1.54, 1.807) is 0 Å². The zero-order chi connectivity index (χ0) is 10.6. The summed E-state index contributed by atoms with van der Waals surface area (Å²) in [5.74, 6) is 0. The molecule has 0 radical (unpaired) electrons. The Morgan fingerprint density at radius 2 is 1.80 bits per heavy atom. The molecule has 0 amide bonds. The summed E-state index contributed by atoms with van der Waals surface area (Å²) in [6.07, 6.45) is 12.6. The van der Waals surface area contributed by atoms with Gasteiger partial charge in [-0.3, -0.25) is 0 Å². The van der Waals surface area contributed by atoms with Crippen LogP contribution in [0.25, 0.3) is 0 Å².